The van der Waals surface area contributed by atoms with Crippen molar-refractivity contribution in [3.05, 3.63) is 15.6 Å². The number of aromatic nitrogens is 1. The molecule has 0 radical (unpaired) electrons. The number of nitrogens with one attached hydrogen (secondary N) is 1. The van der Waals surface area contributed by atoms with Gasteiger partial charge in [0.2, 0.25) is 11.8 Å². The average Bonchev–Trinajstić information content (AvgIpc) is 3.17. The number of rotatable bonds is 2. The number of nitrogens with zero attached hydrogens (tertiary/aromatic N) is 3. The normalized spacial score (nSPS) is 26.4. The van der Waals surface area contributed by atoms with E-state index in [0.29, 0.717) is 18.0 Å². The Morgan fingerprint density at radius 1 is 1.29 bits per heavy atom. The molecule has 1 aliphatic carbocycles. The summed E-state index contributed by atoms with van der Waals surface area (Å²) in [6, 6.07) is -0.631. The van der Waals surface area contributed by atoms with E-state index in [1.165, 1.54) is 21.1 Å². The van der Waals surface area contributed by atoms with Crippen molar-refractivity contribution in [2.24, 2.45) is 0 Å². The summed E-state index contributed by atoms with van der Waals surface area (Å²) >= 11 is 1.47. The molecular weight excluding hydrogens is 328 g/mol. The molecule has 3 heterocycles. The maximum Gasteiger partial charge on any atom is 0.280 e. The summed E-state index contributed by atoms with van der Waals surface area (Å²) in [4.78, 5) is 45.5. The number of carbonyl (C=O) groups excluding carboxylic acids is 3. The molecule has 1 aromatic rings. The summed E-state index contributed by atoms with van der Waals surface area (Å²) in [7, 11) is 1.64. The topological polar surface area (TPSA) is 82.6 Å². The SMILES string of the molecule is CN1CC(=O)N2C[C@@H](NC(=O)c3nc4c(s3)CCCC4)C[C@H]2C1=O. The molecule has 4 rings (SSSR count). The van der Waals surface area contributed by atoms with Crippen molar-refractivity contribution in [3.8, 4) is 0 Å². The van der Waals surface area contributed by atoms with Crippen LogP contribution in [0.1, 0.15) is 39.6 Å². The average molecular weight is 348 g/mol. The Labute approximate surface area is 144 Å². The van der Waals surface area contributed by atoms with Gasteiger partial charge < -0.3 is 15.1 Å². The van der Waals surface area contributed by atoms with E-state index >= 15 is 0 Å². The molecule has 1 aromatic heterocycles. The number of likely N-dealkylation sites (N-methyl/N-ethyl adjacent to an activating group) is 1. The van der Waals surface area contributed by atoms with Gasteiger partial charge >= 0.3 is 0 Å². The predicted octanol–water partition coefficient (Wildman–Crippen LogP) is 0.193. The first-order valence-electron chi connectivity index (χ1n) is 8.37. The summed E-state index contributed by atoms with van der Waals surface area (Å²) in [6.07, 6.45) is 4.73. The van der Waals surface area contributed by atoms with Gasteiger partial charge in [-0.05, 0) is 32.1 Å². The van der Waals surface area contributed by atoms with Crippen LogP contribution in [0.4, 0.5) is 0 Å². The van der Waals surface area contributed by atoms with Gasteiger partial charge in [-0.1, -0.05) is 0 Å². The summed E-state index contributed by atoms with van der Waals surface area (Å²) in [5.41, 5.74) is 1.06. The van der Waals surface area contributed by atoms with Crippen LogP contribution in [0, 0.1) is 0 Å². The molecule has 128 valence electrons. The molecule has 0 spiro atoms. The number of amides is 3. The van der Waals surface area contributed by atoms with E-state index in [1.54, 1.807) is 11.9 Å². The lowest BCUT2D eigenvalue weighted by Gasteiger charge is -2.33. The second-order valence-corrected chi connectivity index (χ2v) is 7.84. The second kappa shape index (κ2) is 5.84. The van der Waals surface area contributed by atoms with Crippen LogP contribution < -0.4 is 5.32 Å². The van der Waals surface area contributed by atoms with Crippen LogP contribution >= 0.6 is 11.3 Å². The number of hydrogen-bond acceptors (Lipinski definition) is 5. The summed E-state index contributed by atoms with van der Waals surface area (Å²) in [6.45, 7) is 0.523. The Hall–Kier alpha value is -1.96. The smallest absolute Gasteiger partial charge is 0.280 e. The first-order chi connectivity index (χ1) is 11.5. The minimum Gasteiger partial charge on any atom is -0.345 e. The summed E-state index contributed by atoms with van der Waals surface area (Å²) in [5, 5.41) is 3.46. The van der Waals surface area contributed by atoms with Crippen LogP contribution in [0.25, 0.3) is 0 Å². The van der Waals surface area contributed by atoms with Crippen LogP contribution in [0.3, 0.4) is 0 Å². The second-order valence-electron chi connectivity index (χ2n) is 6.76. The first-order valence-corrected chi connectivity index (χ1v) is 9.18. The molecule has 8 heteroatoms. The zero-order valence-corrected chi connectivity index (χ0v) is 14.4. The van der Waals surface area contributed by atoms with Gasteiger partial charge in [0.05, 0.1) is 12.2 Å². The molecule has 0 saturated carbocycles. The van der Waals surface area contributed by atoms with Gasteiger partial charge in [0.1, 0.15) is 6.04 Å². The molecule has 2 aliphatic heterocycles. The predicted molar refractivity (Wildman–Crippen MR) is 87.8 cm³/mol. The fourth-order valence-electron chi connectivity index (χ4n) is 3.77. The van der Waals surface area contributed by atoms with Gasteiger partial charge in [-0.2, -0.15) is 0 Å². The number of fused-ring (bicyclic) bond motifs is 2. The van der Waals surface area contributed by atoms with Crippen LogP contribution in [0.2, 0.25) is 0 Å². The zero-order chi connectivity index (χ0) is 16.8. The zero-order valence-electron chi connectivity index (χ0n) is 13.6. The van der Waals surface area contributed by atoms with Crippen molar-refractivity contribution in [3.63, 3.8) is 0 Å². The summed E-state index contributed by atoms with van der Waals surface area (Å²) < 4.78 is 0. The van der Waals surface area contributed by atoms with Gasteiger partial charge in [-0.3, -0.25) is 14.4 Å². The van der Waals surface area contributed by atoms with Gasteiger partial charge in [-0.25, -0.2) is 4.98 Å². The molecule has 7 nitrogen and oxygen atoms in total. The number of carbonyl (C=O) groups is 3. The van der Waals surface area contributed by atoms with Crippen molar-refractivity contribution in [2.45, 2.75) is 44.2 Å². The molecule has 3 aliphatic rings. The maximum absolute atomic E-state index is 12.5. The van der Waals surface area contributed by atoms with Crippen LogP contribution in [0.15, 0.2) is 0 Å². The van der Waals surface area contributed by atoms with Crippen LogP contribution in [-0.4, -0.2) is 64.7 Å². The molecule has 1 N–H and O–H groups in total. The molecule has 2 atom stereocenters. The van der Waals surface area contributed by atoms with Crippen LogP contribution in [-0.2, 0) is 22.4 Å². The highest BCUT2D eigenvalue weighted by molar-refractivity contribution is 7.13. The van der Waals surface area contributed by atoms with Gasteiger partial charge in [0.15, 0.2) is 5.01 Å². The monoisotopic (exact) mass is 348 g/mol. The van der Waals surface area contributed by atoms with E-state index in [2.05, 4.69) is 10.3 Å². The van der Waals surface area contributed by atoms with Crippen molar-refractivity contribution >= 4 is 29.1 Å². The standard InChI is InChI=1S/C16H20N4O3S/c1-19-8-13(21)20-7-9(6-11(20)16(19)23)17-14(22)15-18-10-4-2-3-5-12(10)24-15/h9,11H,2-8H2,1H3,(H,17,22)/t9-,11-/m0/s1. The third-order valence-electron chi connectivity index (χ3n) is 5.03. The first kappa shape index (κ1) is 15.6. The molecular formula is C16H20N4O3S. The quantitative estimate of drug-likeness (QED) is 0.827. The van der Waals surface area contributed by atoms with Crippen LogP contribution in [0.5, 0.6) is 0 Å². The number of piperazine rings is 1. The molecule has 0 aromatic carbocycles. The lowest BCUT2D eigenvalue weighted by molar-refractivity contribution is -0.152. The van der Waals surface area contributed by atoms with E-state index < -0.39 is 6.04 Å². The molecule has 2 fully saturated rings. The third kappa shape index (κ3) is 2.58. The molecule has 3 amide bonds. The molecule has 0 unspecified atom stereocenters. The minimum atomic E-state index is -0.439. The summed E-state index contributed by atoms with van der Waals surface area (Å²) in [5.74, 6) is -0.285. The fraction of sp³-hybridized carbons (Fsp3) is 0.625. The highest BCUT2D eigenvalue weighted by atomic mass is 32.1. The maximum atomic E-state index is 12.5. The van der Waals surface area contributed by atoms with Gasteiger partial charge in [-0.15, -0.1) is 11.3 Å². The third-order valence-corrected chi connectivity index (χ3v) is 6.19. The lowest BCUT2D eigenvalue weighted by Crippen LogP contribution is -2.55. The fourth-order valence-corrected chi connectivity index (χ4v) is 4.83. The molecule has 24 heavy (non-hydrogen) atoms. The Bertz CT molecular complexity index is 693. The van der Waals surface area contributed by atoms with E-state index in [0.717, 1.165) is 31.4 Å². The molecule has 2 saturated heterocycles. The van der Waals surface area contributed by atoms with Gasteiger partial charge in [0.25, 0.3) is 5.91 Å². The Morgan fingerprint density at radius 3 is 2.88 bits per heavy atom. The van der Waals surface area contributed by atoms with Crippen molar-refractivity contribution in [2.75, 3.05) is 20.1 Å². The number of thiazole rings is 1. The highest BCUT2D eigenvalue weighted by Crippen LogP contribution is 2.27. The van der Waals surface area contributed by atoms with E-state index in [9.17, 15) is 14.4 Å². The number of aryl methyl sites for hydroxylation is 2. The van der Waals surface area contributed by atoms with Gasteiger partial charge in [0, 0.05) is 24.5 Å². The Morgan fingerprint density at radius 2 is 2.08 bits per heavy atom. The largest absolute Gasteiger partial charge is 0.345 e. The number of hydrogen-bond donors (Lipinski definition) is 1. The Balaban J connectivity index is 1.44. The minimum absolute atomic E-state index is 0.0453. The lowest BCUT2D eigenvalue weighted by atomic mass is 10.0. The highest BCUT2D eigenvalue weighted by Gasteiger charge is 2.45. The van der Waals surface area contributed by atoms with E-state index in [-0.39, 0.29) is 30.3 Å². The van der Waals surface area contributed by atoms with E-state index in [1.807, 2.05) is 0 Å². The van der Waals surface area contributed by atoms with Crippen molar-refractivity contribution in [1.29, 1.82) is 0 Å². The Kier molecular flexibility index (Phi) is 3.79. The van der Waals surface area contributed by atoms with Crippen molar-refractivity contribution in [1.82, 2.24) is 20.1 Å². The molecule has 0 bridgehead atoms. The van der Waals surface area contributed by atoms with Crippen molar-refractivity contribution < 1.29 is 14.4 Å². The van der Waals surface area contributed by atoms with E-state index in [4.69, 9.17) is 0 Å².